The minimum atomic E-state index is -1.01. The Bertz CT molecular complexity index is 1050. The molecule has 2 aliphatic rings. The number of ether oxygens (including phenoxy) is 2. The van der Waals surface area contributed by atoms with Crippen LogP contribution in [0.15, 0.2) is 41.5 Å². The number of halogens is 1. The standard InChI is InChI=1S/C21H20FN5O3/c1-21(15-11-29-7-6-18(15)30-20(24)27-21)14-8-13(3-4-16(14)22)26-19(28)17-5-2-12(9-23)10-25-17/h2-5,8,10,15,18H,6-7,11H2,1H3,(H2,24,27)(H,26,28)/t15?,18?,21-/m1/s1. The van der Waals surface area contributed by atoms with E-state index in [0.29, 0.717) is 36.4 Å². The quantitative estimate of drug-likeness (QED) is 0.802. The van der Waals surface area contributed by atoms with Crippen molar-refractivity contribution in [3.63, 3.8) is 0 Å². The molecular formula is C21H20FN5O3. The number of aromatic nitrogens is 1. The molecule has 1 aromatic carbocycles. The van der Waals surface area contributed by atoms with Crippen molar-refractivity contribution >= 4 is 17.6 Å². The Labute approximate surface area is 172 Å². The van der Waals surface area contributed by atoms with Crippen LogP contribution in [0.3, 0.4) is 0 Å². The van der Waals surface area contributed by atoms with Crippen LogP contribution in [-0.4, -0.2) is 36.2 Å². The SMILES string of the molecule is C[C@]1(c2cc(NC(=O)c3ccc(C#N)cn3)ccc2F)N=C(N)OC2CCOCC21. The first-order chi connectivity index (χ1) is 14.4. The molecule has 0 spiro atoms. The predicted molar refractivity (Wildman–Crippen MR) is 106 cm³/mol. The van der Waals surface area contributed by atoms with Crippen molar-refractivity contribution in [3.05, 3.63) is 59.2 Å². The van der Waals surface area contributed by atoms with E-state index in [0.717, 1.165) is 0 Å². The summed E-state index contributed by atoms with van der Waals surface area (Å²) in [6, 6.07) is 9.20. The van der Waals surface area contributed by atoms with Gasteiger partial charge in [-0.05, 0) is 37.3 Å². The van der Waals surface area contributed by atoms with Gasteiger partial charge in [0.05, 0.1) is 24.3 Å². The Morgan fingerprint density at radius 3 is 2.97 bits per heavy atom. The van der Waals surface area contributed by atoms with E-state index < -0.39 is 17.3 Å². The minimum absolute atomic E-state index is 0.0104. The fourth-order valence-corrected chi connectivity index (χ4v) is 3.92. The Balaban J connectivity index is 1.65. The molecule has 1 saturated heterocycles. The molecule has 0 bridgehead atoms. The van der Waals surface area contributed by atoms with Gasteiger partial charge in [0.15, 0.2) is 0 Å². The van der Waals surface area contributed by atoms with Crippen molar-refractivity contribution in [1.82, 2.24) is 4.98 Å². The van der Waals surface area contributed by atoms with Crippen LogP contribution in [0, 0.1) is 23.1 Å². The van der Waals surface area contributed by atoms with Gasteiger partial charge in [0.2, 0.25) is 0 Å². The monoisotopic (exact) mass is 409 g/mol. The lowest BCUT2D eigenvalue weighted by atomic mass is 9.74. The number of nitrogens with zero attached hydrogens (tertiary/aromatic N) is 3. The molecule has 0 aliphatic carbocycles. The first kappa shape index (κ1) is 19.8. The molecule has 3 atom stereocenters. The van der Waals surface area contributed by atoms with Crippen LogP contribution in [-0.2, 0) is 15.0 Å². The fraction of sp³-hybridized carbons (Fsp3) is 0.333. The molecular weight excluding hydrogens is 389 g/mol. The number of benzene rings is 1. The minimum Gasteiger partial charge on any atom is -0.462 e. The molecule has 0 saturated carbocycles. The number of hydrogen-bond acceptors (Lipinski definition) is 7. The zero-order chi connectivity index (χ0) is 21.3. The van der Waals surface area contributed by atoms with E-state index in [-0.39, 0.29) is 23.7 Å². The second-order valence-corrected chi connectivity index (χ2v) is 7.42. The van der Waals surface area contributed by atoms with Crippen molar-refractivity contribution in [2.45, 2.75) is 25.0 Å². The maximum absolute atomic E-state index is 14.9. The zero-order valence-electron chi connectivity index (χ0n) is 16.3. The van der Waals surface area contributed by atoms with Crippen LogP contribution < -0.4 is 11.1 Å². The molecule has 0 radical (unpaired) electrons. The van der Waals surface area contributed by atoms with Gasteiger partial charge in [0.1, 0.15) is 23.7 Å². The number of anilines is 1. The first-order valence-electron chi connectivity index (χ1n) is 9.48. The van der Waals surface area contributed by atoms with E-state index in [1.807, 2.05) is 6.07 Å². The molecule has 4 rings (SSSR count). The zero-order valence-corrected chi connectivity index (χ0v) is 16.3. The van der Waals surface area contributed by atoms with Crippen LogP contribution in [0.5, 0.6) is 0 Å². The van der Waals surface area contributed by atoms with Crippen LogP contribution in [0.25, 0.3) is 0 Å². The Kier molecular flexibility index (Phi) is 5.10. The third kappa shape index (κ3) is 3.57. The maximum Gasteiger partial charge on any atom is 0.283 e. The van der Waals surface area contributed by atoms with Crippen LogP contribution in [0.4, 0.5) is 10.1 Å². The van der Waals surface area contributed by atoms with E-state index in [2.05, 4.69) is 15.3 Å². The summed E-state index contributed by atoms with van der Waals surface area (Å²) in [5.41, 5.74) is 6.04. The van der Waals surface area contributed by atoms with Crippen molar-refractivity contribution in [3.8, 4) is 6.07 Å². The molecule has 30 heavy (non-hydrogen) atoms. The highest BCUT2D eigenvalue weighted by molar-refractivity contribution is 6.02. The molecule has 8 nitrogen and oxygen atoms in total. The summed E-state index contributed by atoms with van der Waals surface area (Å²) in [6.07, 6.45) is 1.73. The summed E-state index contributed by atoms with van der Waals surface area (Å²) in [6.45, 7) is 2.70. The second kappa shape index (κ2) is 7.72. The lowest BCUT2D eigenvalue weighted by Gasteiger charge is -2.45. The average Bonchev–Trinajstić information content (AvgIpc) is 2.75. The third-order valence-corrected chi connectivity index (χ3v) is 5.52. The van der Waals surface area contributed by atoms with Crippen molar-refractivity contribution in [2.24, 2.45) is 16.6 Å². The highest BCUT2D eigenvalue weighted by Gasteiger charge is 2.48. The Hall–Kier alpha value is -3.51. The van der Waals surface area contributed by atoms with Crippen molar-refractivity contribution in [1.29, 1.82) is 5.26 Å². The van der Waals surface area contributed by atoms with Gasteiger partial charge in [-0.1, -0.05) is 0 Å². The van der Waals surface area contributed by atoms with Gasteiger partial charge in [-0.25, -0.2) is 14.4 Å². The number of aliphatic imine (C=N–C) groups is 1. The molecule has 3 N–H and O–H groups in total. The maximum atomic E-state index is 14.9. The van der Waals surface area contributed by atoms with Gasteiger partial charge in [0, 0.05) is 29.8 Å². The molecule has 1 amide bonds. The Morgan fingerprint density at radius 2 is 2.23 bits per heavy atom. The summed E-state index contributed by atoms with van der Waals surface area (Å²) >= 11 is 0. The fourth-order valence-electron chi connectivity index (χ4n) is 3.92. The lowest BCUT2D eigenvalue weighted by molar-refractivity contribution is -0.0699. The average molecular weight is 409 g/mol. The van der Waals surface area contributed by atoms with E-state index in [1.165, 1.54) is 30.5 Å². The molecule has 2 aromatic rings. The van der Waals surface area contributed by atoms with E-state index in [1.54, 1.807) is 13.0 Å². The van der Waals surface area contributed by atoms with Crippen LogP contribution in [0.1, 0.15) is 35.0 Å². The first-order valence-corrected chi connectivity index (χ1v) is 9.48. The number of nitriles is 1. The number of nitrogens with two attached hydrogens (primary N) is 1. The van der Waals surface area contributed by atoms with Crippen molar-refractivity contribution in [2.75, 3.05) is 18.5 Å². The largest absolute Gasteiger partial charge is 0.462 e. The normalized spacial score (nSPS) is 25.3. The molecule has 3 heterocycles. The summed E-state index contributed by atoms with van der Waals surface area (Å²) in [7, 11) is 0. The lowest BCUT2D eigenvalue weighted by Crippen LogP contribution is -2.52. The summed E-state index contributed by atoms with van der Waals surface area (Å²) in [5, 5.41) is 11.6. The third-order valence-electron chi connectivity index (χ3n) is 5.52. The number of carbonyl (C=O) groups excluding carboxylic acids is 1. The number of nitrogens with one attached hydrogen (secondary N) is 1. The summed E-state index contributed by atoms with van der Waals surface area (Å²) in [5.74, 6) is -1.16. The highest BCUT2D eigenvalue weighted by atomic mass is 19.1. The molecule has 2 unspecified atom stereocenters. The van der Waals surface area contributed by atoms with Crippen LogP contribution in [0.2, 0.25) is 0 Å². The van der Waals surface area contributed by atoms with Gasteiger partial charge < -0.3 is 20.5 Å². The summed E-state index contributed by atoms with van der Waals surface area (Å²) < 4.78 is 26.1. The topological polar surface area (TPSA) is 123 Å². The van der Waals surface area contributed by atoms with Gasteiger partial charge in [-0.2, -0.15) is 5.26 Å². The van der Waals surface area contributed by atoms with Gasteiger partial charge in [-0.3, -0.25) is 4.79 Å². The second-order valence-electron chi connectivity index (χ2n) is 7.42. The number of fused-ring (bicyclic) bond motifs is 1. The number of amides is 1. The smallest absolute Gasteiger partial charge is 0.283 e. The molecule has 9 heteroatoms. The van der Waals surface area contributed by atoms with E-state index in [9.17, 15) is 9.18 Å². The van der Waals surface area contributed by atoms with E-state index >= 15 is 0 Å². The molecule has 1 fully saturated rings. The van der Waals surface area contributed by atoms with E-state index in [4.69, 9.17) is 20.5 Å². The predicted octanol–water partition coefficient (Wildman–Crippen LogP) is 2.31. The highest BCUT2D eigenvalue weighted by Crippen LogP contribution is 2.43. The number of rotatable bonds is 3. The molecule has 154 valence electrons. The summed E-state index contributed by atoms with van der Waals surface area (Å²) in [4.78, 5) is 20.9. The number of amidine groups is 1. The van der Waals surface area contributed by atoms with Gasteiger partial charge >= 0.3 is 0 Å². The molecule has 2 aliphatic heterocycles. The van der Waals surface area contributed by atoms with Crippen LogP contribution >= 0.6 is 0 Å². The van der Waals surface area contributed by atoms with Crippen molar-refractivity contribution < 1.29 is 18.7 Å². The van der Waals surface area contributed by atoms with Gasteiger partial charge in [-0.15, -0.1) is 0 Å². The number of carbonyl (C=O) groups is 1. The molecule has 1 aromatic heterocycles. The number of hydrogen-bond donors (Lipinski definition) is 2. The van der Waals surface area contributed by atoms with Gasteiger partial charge in [0.25, 0.3) is 11.9 Å². The number of pyridine rings is 1. The Morgan fingerprint density at radius 1 is 1.40 bits per heavy atom.